The molecule has 3 aliphatic rings. The van der Waals surface area contributed by atoms with Crippen LogP contribution in [-0.4, -0.2) is 74.9 Å². The molecule has 10 nitrogen and oxygen atoms in total. The number of phenolic OH excluding ortho intramolecular Hbond substituents is 1. The van der Waals surface area contributed by atoms with Crippen molar-refractivity contribution in [1.29, 1.82) is 0 Å². The van der Waals surface area contributed by atoms with Crippen LogP contribution >= 0.6 is 0 Å². The first kappa shape index (κ1) is 24.8. The highest BCUT2D eigenvalue weighted by Crippen LogP contribution is 2.51. The second kappa shape index (κ2) is 8.35. The Bertz CT molecular complexity index is 1390. The SMILES string of the molecule is CN(C)[C@@H]1C(=O)C(C(N)=O)C(=O)[C@@]2(O)C(=O)C3C(=O)c4c(O)ccc(-c5ccc(F)nc5)c4C[C@H]3C[C@@H]12. The number of aromatic nitrogens is 1. The first-order chi connectivity index (χ1) is 17.4. The van der Waals surface area contributed by atoms with Gasteiger partial charge in [-0.05, 0) is 62.2 Å². The van der Waals surface area contributed by atoms with Crippen LogP contribution < -0.4 is 5.73 Å². The third-order valence-corrected chi connectivity index (χ3v) is 7.98. The molecule has 0 aliphatic heterocycles. The van der Waals surface area contributed by atoms with E-state index in [1.54, 1.807) is 6.07 Å². The summed E-state index contributed by atoms with van der Waals surface area (Å²) in [6.45, 7) is 0. The zero-order valence-electron chi connectivity index (χ0n) is 20.0. The van der Waals surface area contributed by atoms with Gasteiger partial charge in [0.15, 0.2) is 34.7 Å². The number of pyridine rings is 1. The lowest BCUT2D eigenvalue weighted by Gasteiger charge is -2.52. The molecule has 2 aromatic rings. The van der Waals surface area contributed by atoms with Crippen LogP contribution in [0.1, 0.15) is 22.3 Å². The summed E-state index contributed by atoms with van der Waals surface area (Å²) in [5, 5.41) is 22.2. The van der Waals surface area contributed by atoms with Crippen LogP contribution in [-0.2, 0) is 25.6 Å². The van der Waals surface area contributed by atoms with E-state index in [0.29, 0.717) is 16.7 Å². The summed E-state index contributed by atoms with van der Waals surface area (Å²) >= 11 is 0. The standard InChI is InChI=1S/C26H24FN3O7/c1-30(2)20-14-8-11-7-13-12(10-3-6-16(27)29-9-10)4-5-15(31)18(13)21(32)17(11)23(34)26(14,37)24(35)19(22(20)33)25(28)36/h3-6,9,11,14,17,19-20,31,37H,7-8H2,1-2H3,(H2,28,36)/t11-,14-,17?,19?,20-,26-/m0/s1. The second-order valence-corrected chi connectivity index (χ2v) is 10.1. The number of nitrogens with two attached hydrogens (primary N) is 1. The van der Waals surface area contributed by atoms with E-state index in [4.69, 9.17) is 5.73 Å². The van der Waals surface area contributed by atoms with Gasteiger partial charge in [-0.3, -0.25) is 28.9 Å². The molecule has 11 heteroatoms. The average Bonchev–Trinajstić information content (AvgIpc) is 2.82. The summed E-state index contributed by atoms with van der Waals surface area (Å²) in [7, 11) is 3.04. The van der Waals surface area contributed by atoms with E-state index < -0.39 is 70.3 Å². The molecule has 0 saturated heterocycles. The van der Waals surface area contributed by atoms with Crippen LogP contribution in [0.15, 0.2) is 30.5 Å². The van der Waals surface area contributed by atoms with Gasteiger partial charge in [0.25, 0.3) is 0 Å². The Morgan fingerprint density at radius 3 is 2.43 bits per heavy atom. The zero-order valence-corrected chi connectivity index (χ0v) is 20.0. The van der Waals surface area contributed by atoms with Gasteiger partial charge in [0, 0.05) is 17.7 Å². The third kappa shape index (κ3) is 3.37. The Balaban J connectivity index is 1.66. The zero-order chi connectivity index (χ0) is 27.0. The van der Waals surface area contributed by atoms with Crippen LogP contribution in [0.5, 0.6) is 5.75 Å². The van der Waals surface area contributed by atoms with Gasteiger partial charge in [0.05, 0.1) is 17.5 Å². The molecule has 5 rings (SSSR count). The van der Waals surface area contributed by atoms with Gasteiger partial charge < -0.3 is 15.9 Å². The number of hydrogen-bond donors (Lipinski definition) is 3. The molecule has 4 N–H and O–H groups in total. The first-order valence-electron chi connectivity index (χ1n) is 11.7. The number of halogens is 1. The molecule has 0 spiro atoms. The number of Topliss-reactive ketones (excluding diaryl/α,β-unsaturated/α-hetero) is 4. The average molecular weight is 509 g/mol. The van der Waals surface area contributed by atoms with Crippen molar-refractivity contribution >= 4 is 29.0 Å². The molecule has 0 bridgehead atoms. The fourth-order valence-electron chi connectivity index (χ4n) is 6.41. The number of hydrogen-bond acceptors (Lipinski definition) is 9. The van der Waals surface area contributed by atoms with Crippen molar-refractivity contribution in [1.82, 2.24) is 9.88 Å². The number of carbonyl (C=O) groups is 5. The highest BCUT2D eigenvalue weighted by molar-refractivity contribution is 6.32. The Kier molecular flexibility index (Phi) is 5.61. The molecular formula is C26H24FN3O7. The number of amides is 1. The van der Waals surface area contributed by atoms with Crippen LogP contribution in [0.25, 0.3) is 11.1 Å². The monoisotopic (exact) mass is 509 g/mol. The maximum Gasteiger partial charge on any atom is 0.235 e. The van der Waals surface area contributed by atoms with Gasteiger partial charge in [-0.25, -0.2) is 4.98 Å². The molecule has 192 valence electrons. The molecule has 1 amide bonds. The van der Waals surface area contributed by atoms with E-state index in [1.807, 2.05) is 0 Å². The van der Waals surface area contributed by atoms with E-state index in [2.05, 4.69) is 4.98 Å². The van der Waals surface area contributed by atoms with Crippen LogP contribution in [0, 0.1) is 29.6 Å². The minimum atomic E-state index is -2.77. The summed E-state index contributed by atoms with van der Waals surface area (Å²) in [5.41, 5.74) is 3.82. The molecule has 3 aliphatic carbocycles. The number of phenols is 1. The lowest BCUT2D eigenvalue weighted by molar-refractivity contribution is -0.181. The van der Waals surface area contributed by atoms with Crippen molar-refractivity contribution in [2.45, 2.75) is 24.5 Å². The molecule has 2 fully saturated rings. The number of likely N-dealkylation sites (N-methyl/N-ethyl adjacent to an activating group) is 1. The van der Waals surface area contributed by atoms with E-state index in [-0.39, 0.29) is 24.2 Å². The van der Waals surface area contributed by atoms with E-state index >= 15 is 0 Å². The third-order valence-electron chi connectivity index (χ3n) is 7.98. The van der Waals surface area contributed by atoms with Crippen molar-refractivity contribution in [3.8, 4) is 16.9 Å². The lowest BCUT2D eigenvalue weighted by atomic mass is 9.52. The minimum absolute atomic E-state index is 0.0549. The summed E-state index contributed by atoms with van der Waals surface area (Å²) in [6.07, 6.45) is 1.33. The number of benzene rings is 1. The number of primary amides is 1. The Labute approximate surface area is 210 Å². The largest absolute Gasteiger partial charge is 0.507 e. The van der Waals surface area contributed by atoms with Gasteiger partial charge >= 0.3 is 0 Å². The number of aromatic hydroxyl groups is 1. The highest BCUT2D eigenvalue weighted by atomic mass is 19.1. The molecule has 0 radical (unpaired) electrons. The van der Waals surface area contributed by atoms with Crippen molar-refractivity contribution in [2.75, 3.05) is 14.1 Å². The minimum Gasteiger partial charge on any atom is -0.507 e. The number of nitrogens with zero attached hydrogens (tertiary/aromatic N) is 2. The molecule has 6 atom stereocenters. The fourth-order valence-corrected chi connectivity index (χ4v) is 6.41. The smallest absolute Gasteiger partial charge is 0.235 e. The quantitative estimate of drug-likeness (QED) is 0.383. The summed E-state index contributed by atoms with van der Waals surface area (Å²) in [6, 6.07) is 4.29. The van der Waals surface area contributed by atoms with Gasteiger partial charge in [-0.2, -0.15) is 4.39 Å². The molecular weight excluding hydrogens is 485 g/mol. The summed E-state index contributed by atoms with van der Waals surface area (Å²) < 4.78 is 13.4. The van der Waals surface area contributed by atoms with Crippen LogP contribution in [0.2, 0.25) is 0 Å². The van der Waals surface area contributed by atoms with Crippen LogP contribution in [0.3, 0.4) is 0 Å². The van der Waals surface area contributed by atoms with E-state index in [1.165, 1.54) is 37.3 Å². The Morgan fingerprint density at radius 1 is 1.14 bits per heavy atom. The molecule has 37 heavy (non-hydrogen) atoms. The van der Waals surface area contributed by atoms with Gasteiger partial charge in [-0.15, -0.1) is 0 Å². The van der Waals surface area contributed by atoms with Crippen LogP contribution in [0.4, 0.5) is 4.39 Å². The van der Waals surface area contributed by atoms with Crippen molar-refractivity contribution in [3.63, 3.8) is 0 Å². The fraction of sp³-hybridized carbons (Fsp3) is 0.385. The van der Waals surface area contributed by atoms with Gasteiger partial charge in [0.1, 0.15) is 5.75 Å². The highest BCUT2D eigenvalue weighted by Gasteiger charge is 2.69. The molecule has 1 aromatic carbocycles. The Hall–Kier alpha value is -3.83. The first-order valence-corrected chi connectivity index (χ1v) is 11.7. The van der Waals surface area contributed by atoms with Gasteiger partial charge in [-0.1, -0.05) is 6.07 Å². The number of aliphatic hydroxyl groups is 1. The summed E-state index contributed by atoms with van der Waals surface area (Å²) in [4.78, 5) is 71.0. The predicted octanol–water partition coefficient (Wildman–Crippen LogP) is 0.0681. The second-order valence-electron chi connectivity index (χ2n) is 10.1. The molecule has 2 saturated carbocycles. The number of rotatable bonds is 3. The predicted molar refractivity (Wildman–Crippen MR) is 125 cm³/mol. The number of fused-ring (bicyclic) bond motifs is 3. The maximum absolute atomic E-state index is 13.8. The number of ketones is 4. The van der Waals surface area contributed by atoms with E-state index in [0.717, 1.165) is 6.07 Å². The van der Waals surface area contributed by atoms with Crippen molar-refractivity contribution in [3.05, 3.63) is 47.5 Å². The molecule has 1 aromatic heterocycles. The van der Waals surface area contributed by atoms with E-state index in [9.17, 15) is 38.6 Å². The maximum atomic E-state index is 13.8. The topological polar surface area (TPSA) is 168 Å². The Morgan fingerprint density at radius 2 is 1.84 bits per heavy atom. The summed E-state index contributed by atoms with van der Waals surface area (Å²) in [5.74, 6) is -11.8. The van der Waals surface area contributed by atoms with Gasteiger partial charge in [0.2, 0.25) is 11.9 Å². The number of carbonyl (C=O) groups excluding carboxylic acids is 5. The molecule has 1 heterocycles. The van der Waals surface area contributed by atoms with Crippen molar-refractivity contribution in [2.24, 2.45) is 29.4 Å². The normalized spacial score (nSPS) is 31.1. The lowest BCUT2D eigenvalue weighted by Crippen LogP contribution is -2.74. The van der Waals surface area contributed by atoms with Crippen molar-refractivity contribution < 1.29 is 38.6 Å². The molecule has 2 unspecified atom stereocenters.